The molecule has 0 bridgehead atoms. The first-order valence-corrected chi connectivity index (χ1v) is 11.3. The fourth-order valence-electron chi connectivity index (χ4n) is 3.54. The van der Waals surface area contributed by atoms with Crippen LogP contribution in [0.15, 0.2) is 61.1 Å². The maximum Gasteiger partial charge on any atom is 0.319 e. The second kappa shape index (κ2) is 11.9. The zero-order valence-electron chi connectivity index (χ0n) is 19.7. The molecule has 1 aliphatic heterocycles. The zero-order chi connectivity index (χ0) is 24.5. The Kier molecular flexibility index (Phi) is 8.21. The summed E-state index contributed by atoms with van der Waals surface area (Å²) in [7, 11) is 3.37. The highest BCUT2D eigenvalue weighted by Gasteiger charge is 2.20. The molecule has 1 aliphatic rings. The fraction of sp³-hybridized carbons (Fsp3) is 0.280. The number of pyridine rings is 1. The van der Waals surface area contributed by atoms with E-state index in [1.165, 1.54) is 0 Å². The van der Waals surface area contributed by atoms with Crippen molar-refractivity contribution >= 4 is 17.2 Å². The third-order valence-corrected chi connectivity index (χ3v) is 5.27. The maximum atomic E-state index is 8.35. The van der Waals surface area contributed by atoms with Gasteiger partial charge in [-0.2, -0.15) is 9.97 Å². The summed E-state index contributed by atoms with van der Waals surface area (Å²) in [6.07, 6.45) is 6.79. The van der Waals surface area contributed by atoms with Crippen molar-refractivity contribution in [1.29, 1.82) is 5.41 Å². The van der Waals surface area contributed by atoms with Gasteiger partial charge in [0.05, 0.1) is 32.1 Å². The van der Waals surface area contributed by atoms with Crippen molar-refractivity contribution in [3.8, 4) is 23.0 Å². The Bertz CT molecular complexity index is 1160. The van der Waals surface area contributed by atoms with Crippen LogP contribution in [-0.2, 0) is 4.74 Å². The first kappa shape index (κ1) is 24.1. The Balaban J connectivity index is 1.71. The molecule has 3 aromatic rings. The Morgan fingerprint density at radius 3 is 2.86 bits per heavy atom. The van der Waals surface area contributed by atoms with E-state index >= 15 is 0 Å². The van der Waals surface area contributed by atoms with Crippen LogP contribution in [0.2, 0.25) is 0 Å². The van der Waals surface area contributed by atoms with Gasteiger partial charge in [0.15, 0.2) is 11.6 Å². The van der Waals surface area contributed by atoms with E-state index < -0.39 is 0 Å². The van der Waals surface area contributed by atoms with E-state index in [0.29, 0.717) is 42.8 Å². The molecule has 3 heterocycles. The Morgan fingerprint density at radius 2 is 2.11 bits per heavy atom. The molecular formula is C25H29N7O3. The summed E-state index contributed by atoms with van der Waals surface area (Å²) in [5, 5.41) is 17.9. The lowest BCUT2D eigenvalue weighted by atomic mass is 10.0. The van der Waals surface area contributed by atoms with Gasteiger partial charge in [0.2, 0.25) is 0 Å². The van der Waals surface area contributed by atoms with Crippen molar-refractivity contribution in [3.63, 3.8) is 0 Å². The van der Waals surface area contributed by atoms with E-state index in [4.69, 9.17) is 19.6 Å². The lowest BCUT2D eigenvalue weighted by molar-refractivity contribution is 0.0577. The average Bonchev–Trinajstić information content (AvgIpc) is 2.91. The standard InChI is InChI=1S/C25H29N7O3/c1-27-9-8-21(26)17-4-3-5-18(14-17)22-23(33-2)24(30-19-6-10-28-11-7-19)32-25(31-22)35-16-20-15-34-13-12-29-20/h3-11,14,20,26-27,29H,12-13,15-16H2,1-2H3,(H,28,30,31,32)/b9-8-,26-21?/t20-/m1/s1. The molecule has 0 radical (unpaired) electrons. The zero-order valence-corrected chi connectivity index (χ0v) is 19.7. The number of anilines is 2. The topological polar surface area (TPSA) is 126 Å². The van der Waals surface area contributed by atoms with E-state index in [0.717, 1.165) is 23.4 Å². The van der Waals surface area contributed by atoms with Gasteiger partial charge < -0.3 is 35.6 Å². The maximum absolute atomic E-state index is 8.35. The van der Waals surface area contributed by atoms with Crippen molar-refractivity contribution in [3.05, 3.63) is 66.6 Å². The molecule has 4 rings (SSSR count). The molecule has 35 heavy (non-hydrogen) atoms. The summed E-state index contributed by atoms with van der Waals surface area (Å²) >= 11 is 0. The minimum absolute atomic E-state index is 0.0530. The molecule has 1 fully saturated rings. The molecule has 0 spiro atoms. The molecule has 0 unspecified atom stereocenters. The quantitative estimate of drug-likeness (QED) is 0.327. The van der Waals surface area contributed by atoms with E-state index in [9.17, 15) is 0 Å². The number of hydrogen-bond donors (Lipinski definition) is 4. The first-order valence-electron chi connectivity index (χ1n) is 11.3. The lowest BCUT2D eigenvalue weighted by Gasteiger charge is -2.23. The van der Waals surface area contributed by atoms with Crippen LogP contribution in [0.1, 0.15) is 5.56 Å². The van der Waals surface area contributed by atoms with Crippen molar-refractivity contribution in [2.75, 3.05) is 45.8 Å². The van der Waals surface area contributed by atoms with Crippen LogP contribution in [0.3, 0.4) is 0 Å². The smallest absolute Gasteiger partial charge is 0.319 e. The second-order valence-corrected chi connectivity index (χ2v) is 7.75. The van der Waals surface area contributed by atoms with E-state index in [2.05, 4.69) is 30.9 Å². The number of methoxy groups -OCH3 is 1. The average molecular weight is 476 g/mol. The van der Waals surface area contributed by atoms with Crippen molar-refractivity contribution in [2.24, 2.45) is 0 Å². The first-order chi connectivity index (χ1) is 17.2. The number of hydrogen-bond acceptors (Lipinski definition) is 10. The van der Waals surface area contributed by atoms with Gasteiger partial charge >= 0.3 is 6.01 Å². The molecule has 0 saturated carbocycles. The molecule has 4 N–H and O–H groups in total. The molecule has 0 aliphatic carbocycles. The SMILES string of the molecule is CN/C=C\C(=N)c1cccc(-c2nc(OC[C@H]3COCCN3)nc(Nc3ccncc3)c2OC)c1. The number of nitrogens with zero attached hydrogens (tertiary/aromatic N) is 3. The van der Waals surface area contributed by atoms with Gasteiger partial charge in [0, 0.05) is 42.8 Å². The predicted molar refractivity (Wildman–Crippen MR) is 135 cm³/mol. The summed E-state index contributed by atoms with van der Waals surface area (Å²) in [6.45, 7) is 2.39. The minimum Gasteiger partial charge on any atom is -0.491 e. The molecule has 10 heteroatoms. The van der Waals surface area contributed by atoms with Gasteiger partial charge in [0.25, 0.3) is 0 Å². The highest BCUT2D eigenvalue weighted by molar-refractivity contribution is 6.07. The Hall–Kier alpha value is -4.02. The number of rotatable bonds is 10. The third kappa shape index (κ3) is 6.31. The van der Waals surface area contributed by atoms with Crippen LogP contribution in [0.5, 0.6) is 11.8 Å². The van der Waals surface area contributed by atoms with Crippen LogP contribution >= 0.6 is 0 Å². The fourth-order valence-corrected chi connectivity index (χ4v) is 3.54. The number of morpholine rings is 1. The molecular weight excluding hydrogens is 446 g/mol. The number of benzene rings is 1. The molecule has 0 amide bonds. The van der Waals surface area contributed by atoms with E-state index in [1.807, 2.05) is 36.4 Å². The van der Waals surface area contributed by atoms with Crippen LogP contribution in [0.25, 0.3) is 11.3 Å². The number of nitrogens with one attached hydrogen (secondary N) is 4. The van der Waals surface area contributed by atoms with Gasteiger partial charge in [-0.1, -0.05) is 18.2 Å². The lowest BCUT2D eigenvalue weighted by Crippen LogP contribution is -2.44. The van der Waals surface area contributed by atoms with Crippen molar-refractivity contribution < 1.29 is 14.2 Å². The van der Waals surface area contributed by atoms with Gasteiger partial charge in [0.1, 0.15) is 12.3 Å². The highest BCUT2D eigenvalue weighted by Crippen LogP contribution is 2.37. The van der Waals surface area contributed by atoms with E-state index in [1.54, 1.807) is 38.8 Å². The van der Waals surface area contributed by atoms with E-state index in [-0.39, 0.29) is 12.1 Å². The van der Waals surface area contributed by atoms with Gasteiger partial charge in [-0.25, -0.2) is 0 Å². The molecule has 1 saturated heterocycles. The normalized spacial score (nSPS) is 15.5. The predicted octanol–water partition coefficient (Wildman–Crippen LogP) is 2.76. The monoisotopic (exact) mass is 475 g/mol. The van der Waals surface area contributed by atoms with Crippen molar-refractivity contribution in [1.82, 2.24) is 25.6 Å². The summed E-state index contributed by atoms with van der Waals surface area (Å²) in [6, 6.07) is 11.5. The highest BCUT2D eigenvalue weighted by atomic mass is 16.5. The molecule has 182 valence electrons. The molecule has 10 nitrogen and oxygen atoms in total. The third-order valence-electron chi connectivity index (χ3n) is 5.27. The molecule has 2 aromatic heterocycles. The number of aromatic nitrogens is 3. The Labute approximate surface area is 204 Å². The van der Waals surface area contributed by atoms with Gasteiger partial charge in [-0.05, 0) is 30.5 Å². The largest absolute Gasteiger partial charge is 0.491 e. The summed E-state index contributed by atoms with van der Waals surface area (Å²) in [5.74, 6) is 0.921. The summed E-state index contributed by atoms with van der Waals surface area (Å²) < 4.78 is 17.2. The summed E-state index contributed by atoms with van der Waals surface area (Å²) in [4.78, 5) is 13.3. The van der Waals surface area contributed by atoms with Gasteiger partial charge in [-0.3, -0.25) is 4.98 Å². The molecule has 1 aromatic carbocycles. The number of allylic oxidation sites excluding steroid dienone is 1. The minimum atomic E-state index is 0.0530. The summed E-state index contributed by atoms with van der Waals surface area (Å²) in [5.41, 5.74) is 3.22. The molecule has 1 atom stereocenters. The van der Waals surface area contributed by atoms with Crippen LogP contribution in [0.4, 0.5) is 11.5 Å². The number of ether oxygens (including phenoxy) is 3. The Morgan fingerprint density at radius 1 is 1.26 bits per heavy atom. The second-order valence-electron chi connectivity index (χ2n) is 7.75. The van der Waals surface area contributed by atoms with Crippen molar-refractivity contribution in [2.45, 2.75) is 6.04 Å². The van der Waals surface area contributed by atoms with Gasteiger partial charge in [-0.15, -0.1) is 0 Å². The van der Waals surface area contributed by atoms with Crippen LogP contribution in [0, 0.1) is 5.41 Å². The van der Waals surface area contributed by atoms with Crippen LogP contribution in [-0.4, -0.2) is 67.2 Å². The van der Waals surface area contributed by atoms with Crippen LogP contribution < -0.4 is 25.4 Å².